The molecule has 0 heterocycles. The van der Waals surface area contributed by atoms with Crippen LogP contribution >= 0.6 is 0 Å². The average molecular weight is 273 g/mol. The first-order valence-corrected chi connectivity index (χ1v) is 6.55. The van der Waals surface area contributed by atoms with Crippen LogP contribution in [0.3, 0.4) is 0 Å². The molecule has 0 aliphatic rings. The molecule has 0 fully saturated rings. The summed E-state index contributed by atoms with van der Waals surface area (Å²) in [5, 5.41) is 11.0. The summed E-state index contributed by atoms with van der Waals surface area (Å²) in [6, 6.07) is 5.82. The Morgan fingerprint density at radius 3 is 2.55 bits per heavy atom. The zero-order valence-corrected chi connectivity index (χ0v) is 11.4. The van der Waals surface area contributed by atoms with Gasteiger partial charge < -0.3 is 14.6 Å². The minimum Gasteiger partial charge on any atom is -0.545 e. The molecule has 0 N–H and O–H groups in total. The third-order valence-electron chi connectivity index (χ3n) is 2.87. The number of carboxylic acids is 1. The zero-order chi connectivity index (χ0) is 15.0. The molecular formula is C16H17O4-. The van der Waals surface area contributed by atoms with Gasteiger partial charge in [-0.25, -0.2) is 4.79 Å². The fourth-order valence-electron chi connectivity index (χ4n) is 1.82. The van der Waals surface area contributed by atoms with Gasteiger partial charge in [-0.3, -0.25) is 0 Å². The molecule has 1 unspecified atom stereocenters. The third kappa shape index (κ3) is 4.43. The molecule has 4 heteroatoms. The first kappa shape index (κ1) is 15.8. The highest BCUT2D eigenvalue weighted by Gasteiger charge is 2.17. The SMILES string of the molecule is C#CCC(CCCC)OC(=O)c1ccccc1C(=O)[O-]. The van der Waals surface area contributed by atoms with Crippen molar-refractivity contribution >= 4 is 11.9 Å². The minimum atomic E-state index is -1.40. The molecule has 1 atom stereocenters. The number of unbranched alkanes of at least 4 members (excludes halogenated alkanes) is 1. The molecular weight excluding hydrogens is 256 g/mol. The summed E-state index contributed by atoms with van der Waals surface area (Å²) in [5.41, 5.74) is -0.182. The maximum absolute atomic E-state index is 12.0. The van der Waals surface area contributed by atoms with Gasteiger partial charge in [0.1, 0.15) is 6.10 Å². The average Bonchev–Trinajstić information content (AvgIpc) is 2.44. The predicted molar refractivity (Wildman–Crippen MR) is 73.0 cm³/mol. The fourth-order valence-corrected chi connectivity index (χ4v) is 1.82. The lowest BCUT2D eigenvalue weighted by molar-refractivity contribution is -0.255. The normalized spacial score (nSPS) is 11.4. The molecule has 20 heavy (non-hydrogen) atoms. The van der Waals surface area contributed by atoms with Crippen LogP contribution in [0.1, 0.15) is 53.3 Å². The summed E-state index contributed by atoms with van der Waals surface area (Å²) in [7, 11) is 0. The number of rotatable bonds is 7. The number of hydrogen-bond acceptors (Lipinski definition) is 4. The topological polar surface area (TPSA) is 66.4 Å². The van der Waals surface area contributed by atoms with Crippen LogP contribution in [0.5, 0.6) is 0 Å². The number of aromatic carboxylic acids is 1. The van der Waals surface area contributed by atoms with Crippen molar-refractivity contribution < 1.29 is 19.4 Å². The molecule has 4 nitrogen and oxygen atoms in total. The van der Waals surface area contributed by atoms with Gasteiger partial charge in [-0.1, -0.05) is 38.0 Å². The van der Waals surface area contributed by atoms with E-state index >= 15 is 0 Å². The highest BCUT2D eigenvalue weighted by molar-refractivity contribution is 6.01. The van der Waals surface area contributed by atoms with Crippen LogP contribution in [0.4, 0.5) is 0 Å². The number of esters is 1. The lowest BCUT2D eigenvalue weighted by Crippen LogP contribution is -2.26. The van der Waals surface area contributed by atoms with Crippen LogP contribution in [0.25, 0.3) is 0 Å². The molecule has 1 rings (SSSR count). The van der Waals surface area contributed by atoms with Gasteiger partial charge in [0.2, 0.25) is 0 Å². The van der Waals surface area contributed by atoms with E-state index in [1.165, 1.54) is 18.2 Å². The summed E-state index contributed by atoms with van der Waals surface area (Å²) in [6.45, 7) is 2.03. The highest BCUT2D eigenvalue weighted by Crippen LogP contribution is 2.14. The van der Waals surface area contributed by atoms with Crippen LogP contribution < -0.4 is 5.11 Å². The number of terminal acetylenes is 1. The number of carbonyl (C=O) groups excluding carboxylic acids is 2. The monoisotopic (exact) mass is 273 g/mol. The number of hydrogen-bond donors (Lipinski definition) is 0. The Morgan fingerprint density at radius 1 is 1.35 bits per heavy atom. The molecule has 0 aliphatic heterocycles. The Bertz CT molecular complexity index is 513. The molecule has 0 aliphatic carbocycles. The van der Waals surface area contributed by atoms with E-state index in [0.717, 1.165) is 12.8 Å². The quantitative estimate of drug-likeness (QED) is 0.561. The third-order valence-corrected chi connectivity index (χ3v) is 2.87. The molecule has 0 radical (unpaired) electrons. The van der Waals surface area contributed by atoms with Gasteiger partial charge in [-0.15, -0.1) is 12.3 Å². The molecule has 0 saturated carbocycles. The molecule has 0 bridgehead atoms. The Morgan fingerprint density at radius 2 is 2.00 bits per heavy atom. The Kier molecular flexibility index (Phi) is 6.31. The van der Waals surface area contributed by atoms with Crippen molar-refractivity contribution in [3.63, 3.8) is 0 Å². The zero-order valence-electron chi connectivity index (χ0n) is 11.4. The Hall–Kier alpha value is -2.28. The van der Waals surface area contributed by atoms with E-state index in [2.05, 4.69) is 5.92 Å². The molecule has 106 valence electrons. The number of carboxylic acid groups (broad SMARTS) is 1. The summed E-state index contributed by atoms with van der Waals surface area (Å²) in [5.74, 6) is 0.382. The first-order valence-electron chi connectivity index (χ1n) is 6.55. The summed E-state index contributed by atoms with van der Waals surface area (Å²) >= 11 is 0. The van der Waals surface area contributed by atoms with Crippen LogP contribution in [0, 0.1) is 12.3 Å². The van der Waals surface area contributed by atoms with Crippen molar-refractivity contribution in [1.29, 1.82) is 0 Å². The van der Waals surface area contributed by atoms with Crippen molar-refractivity contribution in [2.45, 2.75) is 38.7 Å². The summed E-state index contributed by atoms with van der Waals surface area (Å²) in [6.07, 6.45) is 7.70. The van der Waals surface area contributed by atoms with Gasteiger partial charge in [0.05, 0.1) is 11.5 Å². The first-order chi connectivity index (χ1) is 9.60. The van der Waals surface area contributed by atoms with Crippen LogP contribution in [0.15, 0.2) is 24.3 Å². The van der Waals surface area contributed by atoms with E-state index in [0.29, 0.717) is 12.8 Å². The smallest absolute Gasteiger partial charge is 0.339 e. The lowest BCUT2D eigenvalue weighted by atomic mass is 10.1. The second kappa shape index (κ2) is 8.00. The fraction of sp³-hybridized carbons (Fsp3) is 0.375. The van der Waals surface area contributed by atoms with E-state index in [1.54, 1.807) is 6.07 Å². The van der Waals surface area contributed by atoms with Gasteiger partial charge in [0.15, 0.2) is 0 Å². The molecule has 1 aromatic carbocycles. The van der Waals surface area contributed by atoms with Crippen molar-refractivity contribution in [1.82, 2.24) is 0 Å². The predicted octanol–water partition coefficient (Wildman–Crippen LogP) is 1.79. The molecule has 0 amide bonds. The van der Waals surface area contributed by atoms with E-state index in [4.69, 9.17) is 11.2 Å². The molecule has 0 saturated heterocycles. The van der Waals surface area contributed by atoms with E-state index in [-0.39, 0.29) is 17.2 Å². The number of benzene rings is 1. The van der Waals surface area contributed by atoms with Gasteiger partial charge >= 0.3 is 5.97 Å². The molecule has 0 aromatic heterocycles. The van der Waals surface area contributed by atoms with Gasteiger partial charge in [0.25, 0.3) is 0 Å². The Labute approximate surface area is 118 Å². The standard InChI is InChI=1S/C16H18O4/c1-3-5-9-12(8-4-2)20-16(19)14-11-7-6-10-13(14)15(17)18/h2,6-7,10-12H,3,5,8-9H2,1H3,(H,17,18)/p-1. The maximum atomic E-state index is 12.0. The highest BCUT2D eigenvalue weighted by atomic mass is 16.5. The largest absolute Gasteiger partial charge is 0.545 e. The van der Waals surface area contributed by atoms with Gasteiger partial charge in [0, 0.05) is 12.0 Å². The van der Waals surface area contributed by atoms with Crippen LogP contribution in [0.2, 0.25) is 0 Å². The van der Waals surface area contributed by atoms with Crippen molar-refractivity contribution in [2.75, 3.05) is 0 Å². The summed E-state index contributed by atoms with van der Waals surface area (Å²) < 4.78 is 5.30. The molecule has 1 aromatic rings. The van der Waals surface area contributed by atoms with E-state index in [9.17, 15) is 14.7 Å². The Balaban J connectivity index is 2.84. The second-order valence-electron chi connectivity index (χ2n) is 4.41. The maximum Gasteiger partial charge on any atom is 0.339 e. The van der Waals surface area contributed by atoms with Crippen molar-refractivity contribution in [2.24, 2.45) is 0 Å². The van der Waals surface area contributed by atoms with Gasteiger partial charge in [-0.2, -0.15) is 0 Å². The summed E-state index contributed by atoms with van der Waals surface area (Å²) in [4.78, 5) is 23.0. The van der Waals surface area contributed by atoms with Crippen LogP contribution in [-0.2, 0) is 4.74 Å². The van der Waals surface area contributed by atoms with Gasteiger partial charge in [-0.05, 0) is 12.5 Å². The number of carbonyl (C=O) groups is 2. The van der Waals surface area contributed by atoms with Crippen molar-refractivity contribution in [3.8, 4) is 12.3 Å². The number of ether oxygens (including phenoxy) is 1. The van der Waals surface area contributed by atoms with E-state index < -0.39 is 11.9 Å². The van der Waals surface area contributed by atoms with Crippen LogP contribution in [-0.4, -0.2) is 18.0 Å². The van der Waals surface area contributed by atoms with Crippen molar-refractivity contribution in [3.05, 3.63) is 35.4 Å². The molecule has 0 spiro atoms. The lowest BCUT2D eigenvalue weighted by Gasteiger charge is -2.17. The second-order valence-corrected chi connectivity index (χ2v) is 4.41. The minimum absolute atomic E-state index is 0.00831. The van der Waals surface area contributed by atoms with E-state index in [1.807, 2.05) is 6.92 Å².